The molecule has 1 saturated carbocycles. The summed E-state index contributed by atoms with van der Waals surface area (Å²) in [5, 5.41) is 7.79. The lowest BCUT2D eigenvalue weighted by Gasteiger charge is -2.26. The minimum atomic E-state index is -0.520. The van der Waals surface area contributed by atoms with Crippen molar-refractivity contribution in [2.24, 2.45) is 17.6 Å². The van der Waals surface area contributed by atoms with Crippen molar-refractivity contribution in [3.8, 4) is 0 Å². The van der Waals surface area contributed by atoms with Gasteiger partial charge in [-0.25, -0.2) is 0 Å². The van der Waals surface area contributed by atoms with Crippen LogP contribution in [0.3, 0.4) is 0 Å². The van der Waals surface area contributed by atoms with Crippen LogP contribution in [0.2, 0.25) is 0 Å². The van der Waals surface area contributed by atoms with Crippen LogP contribution in [0, 0.1) is 11.8 Å². The van der Waals surface area contributed by atoms with Crippen molar-refractivity contribution in [3.05, 3.63) is 22.4 Å². The first-order valence-electron chi connectivity index (χ1n) is 7.87. The van der Waals surface area contributed by atoms with Crippen LogP contribution in [0.1, 0.15) is 42.8 Å². The third kappa shape index (κ3) is 5.19. The highest BCUT2D eigenvalue weighted by Crippen LogP contribution is 2.24. The van der Waals surface area contributed by atoms with Gasteiger partial charge in [-0.3, -0.25) is 9.59 Å². The lowest BCUT2D eigenvalue weighted by molar-refractivity contribution is -0.124. The number of nitrogens with two attached hydrogens (primary N) is 1. The van der Waals surface area contributed by atoms with E-state index >= 15 is 0 Å². The van der Waals surface area contributed by atoms with Crippen molar-refractivity contribution in [3.63, 3.8) is 0 Å². The Morgan fingerprint density at radius 2 is 2.13 bits per heavy atom. The Bertz CT molecular complexity index is 507. The maximum Gasteiger partial charge on any atom is 0.262 e. The number of carbonyl (C=O) groups is 2. The zero-order chi connectivity index (χ0) is 16.1. The molecule has 1 aromatic rings. The quantitative estimate of drug-likeness (QED) is 0.727. The molecule has 130 valence electrons. The zero-order valence-electron chi connectivity index (χ0n) is 13.6. The van der Waals surface area contributed by atoms with Gasteiger partial charge in [0.05, 0.1) is 4.88 Å². The lowest BCUT2D eigenvalue weighted by atomic mass is 10.00. The second-order valence-corrected chi connectivity index (χ2v) is 7.16. The molecule has 1 aromatic heterocycles. The summed E-state index contributed by atoms with van der Waals surface area (Å²) < 4.78 is 0. The molecular formula is C16H26ClN3O2S. The van der Waals surface area contributed by atoms with Crippen LogP contribution in [-0.4, -0.2) is 30.4 Å². The maximum atomic E-state index is 12.5. The molecule has 0 spiro atoms. The van der Waals surface area contributed by atoms with E-state index in [2.05, 4.69) is 10.6 Å². The number of halogens is 1. The first kappa shape index (κ1) is 19.9. The van der Waals surface area contributed by atoms with Crippen molar-refractivity contribution in [1.82, 2.24) is 10.6 Å². The smallest absolute Gasteiger partial charge is 0.262 e. The van der Waals surface area contributed by atoms with Crippen LogP contribution in [0.4, 0.5) is 0 Å². The molecule has 1 aliphatic rings. The summed E-state index contributed by atoms with van der Waals surface area (Å²) in [5.41, 5.74) is 5.76. The van der Waals surface area contributed by atoms with Gasteiger partial charge in [0.2, 0.25) is 5.91 Å². The average Bonchev–Trinajstić information content (AvgIpc) is 3.14. The van der Waals surface area contributed by atoms with Crippen LogP contribution in [-0.2, 0) is 4.79 Å². The molecule has 23 heavy (non-hydrogen) atoms. The average molecular weight is 360 g/mol. The van der Waals surface area contributed by atoms with Crippen LogP contribution < -0.4 is 16.4 Å². The molecule has 5 nitrogen and oxygen atoms in total. The van der Waals surface area contributed by atoms with E-state index in [0.717, 1.165) is 19.3 Å². The molecule has 1 heterocycles. The van der Waals surface area contributed by atoms with E-state index in [4.69, 9.17) is 5.73 Å². The van der Waals surface area contributed by atoms with Gasteiger partial charge >= 0.3 is 0 Å². The fraction of sp³-hybridized carbons (Fsp3) is 0.625. The fourth-order valence-corrected chi connectivity index (χ4v) is 3.56. The number of carbonyl (C=O) groups excluding carboxylic acids is 2. The van der Waals surface area contributed by atoms with E-state index in [9.17, 15) is 9.59 Å². The first-order chi connectivity index (χ1) is 10.5. The van der Waals surface area contributed by atoms with E-state index in [1.807, 2.05) is 25.3 Å². The number of hydrogen-bond acceptors (Lipinski definition) is 4. The second kappa shape index (κ2) is 9.25. The van der Waals surface area contributed by atoms with E-state index in [0.29, 0.717) is 17.3 Å². The molecule has 0 bridgehead atoms. The van der Waals surface area contributed by atoms with Gasteiger partial charge in [-0.2, -0.15) is 0 Å². The molecule has 1 aliphatic carbocycles. The first-order valence-corrected chi connectivity index (χ1v) is 8.75. The summed E-state index contributed by atoms with van der Waals surface area (Å²) in [6.45, 7) is 4.47. The molecular weight excluding hydrogens is 334 g/mol. The number of amides is 2. The summed E-state index contributed by atoms with van der Waals surface area (Å²) in [6.07, 6.45) is 3.13. The van der Waals surface area contributed by atoms with E-state index in [1.165, 1.54) is 11.3 Å². The van der Waals surface area contributed by atoms with Crippen molar-refractivity contribution < 1.29 is 9.59 Å². The van der Waals surface area contributed by atoms with Crippen molar-refractivity contribution in [2.75, 3.05) is 6.54 Å². The van der Waals surface area contributed by atoms with Crippen LogP contribution in [0.25, 0.3) is 0 Å². The lowest BCUT2D eigenvalue weighted by Crippen LogP contribution is -2.53. The van der Waals surface area contributed by atoms with Gasteiger partial charge < -0.3 is 16.4 Å². The number of hydrogen-bond donors (Lipinski definition) is 3. The Kier molecular flexibility index (Phi) is 8.02. The molecule has 0 saturated heterocycles. The van der Waals surface area contributed by atoms with E-state index < -0.39 is 6.04 Å². The molecule has 3 atom stereocenters. The summed E-state index contributed by atoms with van der Waals surface area (Å²) >= 11 is 1.37. The Labute approximate surface area is 147 Å². The Balaban J connectivity index is 0.00000264. The van der Waals surface area contributed by atoms with Gasteiger partial charge in [-0.1, -0.05) is 26.3 Å². The van der Waals surface area contributed by atoms with Crippen LogP contribution in [0.5, 0.6) is 0 Å². The Hall–Kier alpha value is -1.11. The molecule has 0 aliphatic heterocycles. The zero-order valence-corrected chi connectivity index (χ0v) is 15.2. The van der Waals surface area contributed by atoms with Crippen LogP contribution in [0.15, 0.2) is 17.5 Å². The maximum absolute atomic E-state index is 12.5. The van der Waals surface area contributed by atoms with Crippen LogP contribution >= 0.6 is 23.7 Å². The highest BCUT2D eigenvalue weighted by Gasteiger charge is 2.31. The molecule has 1 fully saturated rings. The molecule has 2 amide bonds. The molecule has 2 rings (SSSR count). The Morgan fingerprint density at radius 3 is 2.70 bits per heavy atom. The highest BCUT2D eigenvalue weighted by atomic mass is 35.5. The Morgan fingerprint density at radius 1 is 1.39 bits per heavy atom. The number of thiophene rings is 1. The molecule has 3 unspecified atom stereocenters. The van der Waals surface area contributed by atoms with Gasteiger partial charge in [0.15, 0.2) is 0 Å². The standard InChI is InChI=1S/C16H25N3O2S.ClH/c1-10(2)14(19-15(20)13-7-4-8-22-13)16(21)18-12-6-3-5-11(12)9-17;/h4,7-8,10-12,14H,3,5-6,9,17H2,1-2H3,(H,18,21)(H,19,20);1H. The highest BCUT2D eigenvalue weighted by molar-refractivity contribution is 7.12. The summed E-state index contributed by atoms with van der Waals surface area (Å²) in [4.78, 5) is 25.4. The van der Waals surface area contributed by atoms with E-state index in [-0.39, 0.29) is 36.2 Å². The summed E-state index contributed by atoms with van der Waals surface area (Å²) in [6, 6.07) is 3.21. The van der Waals surface area contributed by atoms with Gasteiger partial charge in [0.25, 0.3) is 5.91 Å². The van der Waals surface area contributed by atoms with Gasteiger partial charge in [-0.05, 0) is 42.7 Å². The molecule has 0 radical (unpaired) electrons. The van der Waals surface area contributed by atoms with Gasteiger partial charge in [0.1, 0.15) is 6.04 Å². The minimum absolute atomic E-state index is 0. The van der Waals surface area contributed by atoms with E-state index in [1.54, 1.807) is 6.07 Å². The van der Waals surface area contributed by atoms with Crippen molar-refractivity contribution in [2.45, 2.75) is 45.2 Å². The SMILES string of the molecule is CC(C)C(NC(=O)c1cccs1)C(=O)NC1CCCC1CN.Cl. The number of rotatable bonds is 6. The predicted molar refractivity (Wildman–Crippen MR) is 96.0 cm³/mol. The van der Waals surface area contributed by atoms with Gasteiger partial charge in [-0.15, -0.1) is 23.7 Å². The normalized spacial score (nSPS) is 21.6. The minimum Gasteiger partial charge on any atom is -0.351 e. The number of nitrogens with one attached hydrogen (secondary N) is 2. The van der Waals surface area contributed by atoms with Crippen molar-refractivity contribution in [1.29, 1.82) is 0 Å². The van der Waals surface area contributed by atoms with Crippen molar-refractivity contribution >= 4 is 35.6 Å². The molecule has 0 aromatic carbocycles. The predicted octanol–water partition coefficient (Wildman–Crippen LogP) is 2.17. The van der Waals surface area contributed by atoms with Gasteiger partial charge in [0, 0.05) is 6.04 Å². The fourth-order valence-electron chi connectivity index (χ4n) is 2.94. The third-order valence-corrected chi connectivity index (χ3v) is 5.14. The topological polar surface area (TPSA) is 84.2 Å². The second-order valence-electron chi connectivity index (χ2n) is 6.21. The third-order valence-electron chi connectivity index (χ3n) is 4.27. The monoisotopic (exact) mass is 359 g/mol. The molecule has 7 heteroatoms. The molecule has 4 N–H and O–H groups in total. The summed E-state index contributed by atoms with van der Waals surface area (Å²) in [5.74, 6) is 0.0855. The summed E-state index contributed by atoms with van der Waals surface area (Å²) in [7, 11) is 0. The largest absolute Gasteiger partial charge is 0.351 e.